The predicted molar refractivity (Wildman–Crippen MR) is 76.1 cm³/mol. The van der Waals surface area contributed by atoms with E-state index in [2.05, 4.69) is 30.4 Å². The number of nitrogens with zero attached hydrogens (tertiary/aromatic N) is 6. The van der Waals surface area contributed by atoms with Gasteiger partial charge in [-0.25, -0.2) is 9.67 Å². The Kier molecular flexibility index (Phi) is 3.57. The van der Waals surface area contributed by atoms with Crippen LogP contribution in [0.15, 0.2) is 24.7 Å². The average molecular weight is 308 g/mol. The minimum absolute atomic E-state index is 0.114. The Labute approximate surface area is 123 Å². The Hall–Kier alpha value is -2.06. The van der Waals surface area contributed by atoms with Crippen LogP contribution in [0.1, 0.15) is 9.88 Å². The van der Waals surface area contributed by atoms with Gasteiger partial charge >= 0.3 is 0 Å². The van der Waals surface area contributed by atoms with E-state index >= 15 is 0 Å². The average Bonchev–Trinajstić information content (AvgIpc) is 3.07. The van der Waals surface area contributed by atoms with Crippen LogP contribution in [0.25, 0.3) is 5.95 Å². The summed E-state index contributed by atoms with van der Waals surface area (Å²) in [6, 6.07) is 1.78. The van der Waals surface area contributed by atoms with E-state index in [0.29, 0.717) is 18.4 Å². The highest BCUT2D eigenvalue weighted by Crippen LogP contribution is 2.14. The molecule has 0 saturated carbocycles. The molecule has 0 atom stereocenters. The monoisotopic (exact) mass is 307 g/mol. The van der Waals surface area contributed by atoms with Gasteiger partial charge in [-0.3, -0.25) is 0 Å². The second kappa shape index (κ2) is 5.51. The van der Waals surface area contributed by atoms with Gasteiger partial charge in [-0.2, -0.15) is 20.1 Å². The predicted octanol–water partition coefficient (Wildman–Crippen LogP) is 2.09. The van der Waals surface area contributed by atoms with Crippen molar-refractivity contribution in [3.8, 4) is 5.95 Å². The zero-order valence-corrected chi connectivity index (χ0v) is 12.1. The second-order valence-corrected chi connectivity index (χ2v) is 5.55. The van der Waals surface area contributed by atoms with Crippen molar-refractivity contribution in [2.24, 2.45) is 0 Å². The van der Waals surface area contributed by atoms with Crippen LogP contribution in [0.2, 0.25) is 5.28 Å². The molecule has 0 radical (unpaired) electrons. The van der Waals surface area contributed by atoms with Crippen molar-refractivity contribution in [3.05, 3.63) is 39.8 Å². The van der Waals surface area contributed by atoms with E-state index in [9.17, 15) is 0 Å². The molecule has 0 aromatic carbocycles. The first-order valence-electron chi connectivity index (χ1n) is 5.77. The summed E-state index contributed by atoms with van der Waals surface area (Å²) in [5.41, 5.74) is 0. The molecular formula is C11H10ClN7S. The summed E-state index contributed by atoms with van der Waals surface area (Å²) >= 11 is 7.51. The van der Waals surface area contributed by atoms with Crippen molar-refractivity contribution < 1.29 is 0 Å². The van der Waals surface area contributed by atoms with Gasteiger partial charge in [0, 0.05) is 23.5 Å². The Morgan fingerprint density at radius 3 is 2.95 bits per heavy atom. The quantitative estimate of drug-likeness (QED) is 0.795. The number of aromatic nitrogens is 6. The number of halogens is 1. The van der Waals surface area contributed by atoms with Crippen LogP contribution in [0.5, 0.6) is 0 Å². The van der Waals surface area contributed by atoms with Crippen molar-refractivity contribution in [1.82, 2.24) is 29.7 Å². The molecule has 9 heteroatoms. The second-order valence-electron chi connectivity index (χ2n) is 3.90. The molecule has 0 fully saturated rings. The normalized spacial score (nSPS) is 10.7. The summed E-state index contributed by atoms with van der Waals surface area (Å²) in [6.45, 7) is 2.55. The fraction of sp³-hybridized carbons (Fsp3) is 0.182. The van der Waals surface area contributed by atoms with Crippen LogP contribution in [-0.2, 0) is 6.54 Å². The summed E-state index contributed by atoms with van der Waals surface area (Å²) in [6.07, 6.45) is 5.21. The van der Waals surface area contributed by atoms with Crippen molar-refractivity contribution in [1.29, 1.82) is 0 Å². The molecule has 0 saturated heterocycles. The maximum absolute atomic E-state index is 5.90. The summed E-state index contributed by atoms with van der Waals surface area (Å²) in [4.78, 5) is 17.7. The molecule has 0 aliphatic rings. The minimum Gasteiger partial charge on any atom is -0.348 e. The number of hydrogen-bond donors (Lipinski definition) is 1. The maximum Gasteiger partial charge on any atom is 0.256 e. The Bertz CT molecular complexity index is 709. The molecule has 0 unspecified atom stereocenters. The molecule has 20 heavy (non-hydrogen) atoms. The van der Waals surface area contributed by atoms with Crippen LogP contribution >= 0.6 is 22.9 Å². The van der Waals surface area contributed by atoms with Crippen molar-refractivity contribution >= 4 is 28.9 Å². The van der Waals surface area contributed by atoms with Gasteiger partial charge in [0.1, 0.15) is 5.01 Å². The van der Waals surface area contributed by atoms with Crippen LogP contribution in [-0.4, -0.2) is 29.7 Å². The number of nitrogens with one attached hydrogen (secondary N) is 1. The number of hydrogen-bond acceptors (Lipinski definition) is 7. The molecule has 3 rings (SSSR count). The SMILES string of the molecule is Cc1cnc(CNc2nc(Cl)nc(-n3cccn3)n2)s1. The van der Waals surface area contributed by atoms with Gasteiger partial charge in [-0.15, -0.1) is 11.3 Å². The third-order valence-electron chi connectivity index (χ3n) is 2.37. The van der Waals surface area contributed by atoms with Crippen LogP contribution in [0.4, 0.5) is 5.95 Å². The van der Waals surface area contributed by atoms with E-state index in [4.69, 9.17) is 11.6 Å². The number of rotatable bonds is 4. The van der Waals surface area contributed by atoms with Crippen LogP contribution in [0, 0.1) is 6.92 Å². The Morgan fingerprint density at radius 1 is 1.35 bits per heavy atom. The smallest absolute Gasteiger partial charge is 0.256 e. The van der Waals surface area contributed by atoms with Gasteiger partial charge in [0.2, 0.25) is 11.2 Å². The highest BCUT2D eigenvalue weighted by molar-refractivity contribution is 7.11. The molecule has 3 heterocycles. The fourth-order valence-electron chi connectivity index (χ4n) is 1.55. The third kappa shape index (κ3) is 2.91. The third-order valence-corrected chi connectivity index (χ3v) is 3.45. The van der Waals surface area contributed by atoms with Crippen LogP contribution in [0.3, 0.4) is 0 Å². The zero-order chi connectivity index (χ0) is 13.9. The van der Waals surface area contributed by atoms with Crippen molar-refractivity contribution in [2.45, 2.75) is 13.5 Å². The maximum atomic E-state index is 5.90. The summed E-state index contributed by atoms with van der Waals surface area (Å²) in [5, 5.41) is 8.21. The lowest BCUT2D eigenvalue weighted by molar-refractivity contribution is 0.794. The first-order valence-corrected chi connectivity index (χ1v) is 6.97. The number of thiazole rings is 1. The van der Waals surface area contributed by atoms with E-state index in [1.54, 1.807) is 29.8 Å². The lowest BCUT2D eigenvalue weighted by Crippen LogP contribution is -2.09. The summed E-state index contributed by atoms with van der Waals surface area (Å²) in [5.74, 6) is 0.760. The summed E-state index contributed by atoms with van der Waals surface area (Å²) in [7, 11) is 0. The highest BCUT2D eigenvalue weighted by atomic mass is 35.5. The lowest BCUT2D eigenvalue weighted by atomic mass is 10.6. The first kappa shape index (κ1) is 12.9. The van der Waals surface area contributed by atoms with Gasteiger partial charge in [0.25, 0.3) is 5.95 Å². The molecule has 0 spiro atoms. The molecule has 1 N–H and O–H groups in total. The fourth-order valence-corrected chi connectivity index (χ4v) is 2.43. The Morgan fingerprint density at radius 2 is 2.25 bits per heavy atom. The molecule has 3 aromatic heterocycles. The van der Waals surface area contributed by atoms with Gasteiger partial charge < -0.3 is 5.32 Å². The van der Waals surface area contributed by atoms with E-state index < -0.39 is 0 Å². The molecule has 0 aliphatic heterocycles. The molecule has 3 aromatic rings. The largest absolute Gasteiger partial charge is 0.348 e. The minimum atomic E-state index is 0.114. The number of aryl methyl sites for hydroxylation is 1. The van der Waals surface area contributed by atoms with Gasteiger partial charge in [-0.05, 0) is 24.6 Å². The summed E-state index contributed by atoms with van der Waals surface area (Å²) < 4.78 is 1.52. The van der Waals surface area contributed by atoms with Gasteiger partial charge in [0.15, 0.2) is 0 Å². The lowest BCUT2D eigenvalue weighted by Gasteiger charge is -2.05. The van der Waals surface area contributed by atoms with Gasteiger partial charge in [-0.1, -0.05) is 0 Å². The molecule has 102 valence electrons. The van der Waals surface area contributed by atoms with E-state index in [-0.39, 0.29) is 5.28 Å². The topological polar surface area (TPSA) is 81.4 Å². The molecular weight excluding hydrogens is 298 g/mol. The molecule has 7 nitrogen and oxygen atoms in total. The zero-order valence-electron chi connectivity index (χ0n) is 10.5. The first-order chi connectivity index (χ1) is 9.70. The van der Waals surface area contributed by atoms with Crippen LogP contribution < -0.4 is 5.32 Å². The highest BCUT2D eigenvalue weighted by Gasteiger charge is 2.07. The van der Waals surface area contributed by atoms with E-state index in [1.165, 1.54) is 4.68 Å². The standard InChI is InChI=1S/C11H10ClN7S/c1-7-5-13-8(20-7)6-14-10-16-9(12)17-11(18-10)19-4-2-3-15-19/h2-5H,6H2,1H3,(H,14,16,17,18). The Balaban J connectivity index is 1.79. The number of anilines is 1. The molecule has 0 amide bonds. The van der Waals surface area contributed by atoms with E-state index in [1.807, 2.05) is 13.1 Å². The van der Waals surface area contributed by atoms with Crippen molar-refractivity contribution in [2.75, 3.05) is 5.32 Å². The van der Waals surface area contributed by atoms with Crippen molar-refractivity contribution in [3.63, 3.8) is 0 Å². The molecule has 0 aliphatic carbocycles. The van der Waals surface area contributed by atoms with Gasteiger partial charge in [0.05, 0.1) is 6.54 Å². The molecule has 0 bridgehead atoms. The van der Waals surface area contributed by atoms with E-state index in [0.717, 1.165) is 9.88 Å².